The molecule has 0 spiro atoms. The Kier molecular flexibility index (Phi) is 5.39. The summed E-state index contributed by atoms with van der Waals surface area (Å²) in [7, 11) is 0. The predicted molar refractivity (Wildman–Crippen MR) is 75.8 cm³/mol. The lowest BCUT2D eigenvalue weighted by Gasteiger charge is -2.13. The fourth-order valence-electron chi connectivity index (χ4n) is 2.49. The van der Waals surface area contributed by atoms with Crippen LogP contribution in [-0.4, -0.2) is 23.6 Å². The van der Waals surface area contributed by atoms with Crippen LogP contribution in [0.4, 0.5) is 9.18 Å². The van der Waals surface area contributed by atoms with Crippen LogP contribution in [0.3, 0.4) is 0 Å². The minimum absolute atomic E-state index is 0.0360. The number of unbranched alkanes of at least 4 members (excludes halogenated alkanes) is 3. The van der Waals surface area contributed by atoms with Crippen molar-refractivity contribution in [2.45, 2.75) is 51.7 Å². The summed E-state index contributed by atoms with van der Waals surface area (Å²) in [5.41, 5.74) is 0.538. The molecule has 4 heteroatoms. The molecule has 1 unspecified atom stereocenters. The van der Waals surface area contributed by atoms with E-state index in [0.717, 1.165) is 12.8 Å². The zero-order valence-electron chi connectivity index (χ0n) is 12.0. The van der Waals surface area contributed by atoms with Gasteiger partial charge in [-0.15, -0.1) is 0 Å². The lowest BCUT2D eigenvalue weighted by atomic mass is 10.1. The quantitative estimate of drug-likeness (QED) is 0.703. The average Bonchev–Trinajstić information content (AvgIpc) is 2.78. The summed E-state index contributed by atoms with van der Waals surface area (Å²) in [5.74, 6) is -0.272. The fraction of sp³-hybridized carbons (Fsp3) is 0.562. The molecule has 0 saturated carbocycles. The molecular weight excluding hydrogens is 257 g/mol. The van der Waals surface area contributed by atoms with Crippen molar-refractivity contribution < 1.29 is 13.9 Å². The first-order chi connectivity index (χ1) is 9.70. The number of carbonyl (C=O) groups excluding carboxylic acids is 1. The normalized spacial score (nSPS) is 18.4. The largest absolute Gasteiger partial charge is 0.444 e. The molecule has 1 aliphatic rings. The van der Waals surface area contributed by atoms with E-state index < -0.39 is 0 Å². The van der Waals surface area contributed by atoms with Crippen molar-refractivity contribution in [1.29, 1.82) is 0 Å². The first-order valence-corrected chi connectivity index (χ1v) is 7.39. The van der Waals surface area contributed by atoms with Crippen molar-refractivity contribution in [2.75, 3.05) is 6.54 Å². The highest BCUT2D eigenvalue weighted by Gasteiger charge is 2.30. The van der Waals surface area contributed by atoms with Crippen LogP contribution >= 0.6 is 0 Å². The number of hydrogen-bond donors (Lipinski definition) is 0. The molecule has 1 aromatic carbocycles. The lowest BCUT2D eigenvalue weighted by Crippen LogP contribution is -2.25. The van der Waals surface area contributed by atoms with Crippen LogP contribution in [0.1, 0.15) is 44.6 Å². The molecule has 1 heterocycles. The van der Waals surface area contributed by atoms with E-state index in [4.69, 9.17) is 4.74 Å². The SMILES string of the molecule is CCCCCCC1CN(Cc2ccccc2F)C(=O)O1. The topological polar surface area (TPSA) is 29.5 Å². The van der Waals surface area contributed by atoms with E-state index in [0.29, 0.717) is 12.1 Å². The minimum atomic E-state index is -0.325. The number of benzene rings is 1. The van der Waals surface area contributed by atoms with Crippen LogP contribution in [0.25, 0.3) is 0 Å². The summed E-state index contributed by atoms with van der Waals surface area (Å²) in [6.45, 7) is 3.03. The number of nitrogens with zero attached hydrogens (tertiary/aromatic N) is 1. The van der Waals surface area contributed by atoms with Gasteiger partial charge in [-0.2, -0.15) is 0 Å². The molecule has 2 rings (SSSR count). The average molecular weight is 279 g/mol. The van der Waals surface area contributed by atoms with Gasteiger partial charge < -0.3 is 9.64 Å². The number of ether oxygens (including phenoxy) is 1. The second-order valence-electron chi connectivity index (χ2n) is 5.33. The summed E-state index contributed by atoms with van der Waals surface area (Å²) < 4.78 is 18.9. The van der Waals surface area contributed by atoms with Gasteiger partial charge in [0.2, 0.25) is 0 Å². The summed E-state index contributed by atoms with van der Waals surface area (Å²) in [4.78, 5) is 13.4. The maximum absolute atomic E-state index is 13.6. The molecule has 1 saturated heterocycles. The van der Waals surface area contributed by atoms with Gasteiger partial charge in [0.25, 0.3) is 0 Å². The first kappa shape index (κ1) is 14.8. The summed E-state index contributed by atoms with van der Waals surface area (Å²) in [6.07, 6.45) is 5.22. The van der Waals surface area contributed by atoms with Gasteiger partial charge in [-0.1, -0.05) is 44.4 Å². The van der Waals surface area contributed by atoms with Crippen LogP contribution in [0.15, 0.2) is 24.3 Å². The third kappa shape index (κ3) is 3.95. The Hall–Kier alpha value is -1.58. The first-order valence-electron chi connectivity index (χ1n) is 7.39. The summed E-state index contributed by atoms with van der Waals surface area (Å²) in [5, 5.41) is 0. The van der Waals surface area contributed by atoms with E-state index in [2.05, 4.69) is 6.92 Å². The van der Waals surface area contributed by atoms with E-state index in [1.54, 1.807) is 23.1 Å². The van der Waals surface area contributed by atoms with Gasteiger partial charge in [0, 0.05) is 5.56 Å². The molecule has 1 aromatic rings. The highest BCUT2D eigenvalue weighted by Crippen LogP contribution is 2.20. The van der Waals surface area contributed by atoms with Gasteiger partial charge in [-0.25, -0.2) is 9.18 Å². The third-order valence-electron chi connectivity index (χ3n) is 3.65. The Morgan fingerprint density at radius 2 is 2.10 bits per heavy atom. The monoisotopic (exact) mass is 279 g/mol. The maximum Gasteiger partial charge on any atom is 0.410 e. The Morgan fingerprint density at radius 3 is 2.85 bits per heavy atom. The van der Waals surface area contributed by atoms with E-state index in [1.165, 1.54) is 25.3 Å². The molecule has 0 N–H and O–H groups in total. The van der Waals surface area contributed by atoms with Gasteiger partial charge >= 0.3 is 6.09 Å². The van der Waals surface area contributed by atoms with Crippen LogP contribution in [-0.2, 0) is 11.3 Å². The number of cyclic esters (lactones) is 1. The Labute approximate surface area is 119 Å². The maximum atomic E-state index is 13.6. The number of rotatable bonds is 7. The van der Waals surface area contributed by atoms with Gasteiger partial charge in [0.05, 0.1) is 13.1 Å². The number of halogens is 1. The molecule has 1 amide bonds. The van der Waals surface area contributed by atoms with Crippen molar-refractivity contribution in [3.05, 3.63) is 35.6 Å². The molecule has 3 nitrogen and oxygen atoms in total. The van der Waals surface area contributed by atoms with E-state index in [-0.39, 0.29) is 24.6 Å². The van der Waals surface area contributed by atoms with Crippen LogP contribution in [0, 0.1) is 5.82 Å². The van der Waals surface area contributed by atoms with Gasteiger partial charge in [-0.3, -0.25) is 0 Å². The minimum Gasteiger partial charge on any atom is -0.444 e. The third-order valence-corrected chi connectivity index (χ3v) is 3.65. The van der Waals surface area contributed by atoms with E-state index in [9.17, 15) is 9.18 Å². The summed E-state index contributed by atoms with van der Waals surface area (Å²) in [6, 6.07) is 6.55. The van der Waals surface area contributed by atoms with Crippen molar-refractivity contribution in [2.24, 2.45) is 0 Å². The number of carbonyl (C=O) groups is 1. The van der Waals surface area contributed by atoms with Crippen molar-refractivity contribution >= 4 is 6.09 Å². The zero-order chi connectivity index (χ0) is 14.4. The number of hydrogen-bond acceptors (Lipinski definition) is 2. The predicted octanol–water partition coefficient (Wildman–Crippen LogP) is 4.12. The molecular formula is C16H22FNO2. The van der Waals surface area contributed by atoms with Gasteiger partial charge in [0.15, 0.2) is 0 Å². The van der Waals surface area contributed by atoms with Crippen molar-refractivity contribution in [3.63, 3.8) is 0 Å². The highest BCUT2D eigenvalue weighted by atomic mass is 19.1. The van der Waals surface area contributed by atoms with Crippen LogP contribution in [0.2, 0.25) is 0 Å². The van der Waals surface area contributed by atoms with Gasteiger partial charge in [0.1, 0.15) is 11.9 Å². The highest BCUT2D eigenvalue weighted by molar-refractivity contribution is 5.69. The zero-order valence-corrected chi connectivity index (χ0v) is 12.0. The molecule has 1 atom stereocenters. The second-order valence-corrected chi connectivity index (χ2v) is 5.33. The van der Waals surface area contributed by atoms with E-state index >= 15 is 0 Å². The lowest BCUT2D eigenvalue weighted by molar-refractivity contribution is 0.127. The summed E-state index contributed by atoms with van der Waals surface area (Å²) >= 11 is 0. The fourth-order valence-corrected chi connectivity index (χ4v) is 2.49. The second kappa shape index (κ2) is 7.27. The molecule has 110 valence electrons. The van der Waals surface area contributed by atoms with Crippen molar-refractivity contribution in [1.82, 2.24) is 4.90 Å². The molecule has 0 aliphatic carbocycles. The standard InChI is InChI=1S/C16H22FNO2/c1-2-3-4-5-9-14-12-18(16(19)20-14)11-13-8-6-7-10-15(13)17/h6-8,10,14H,2-5,9,11-12H2,1H3. The smallest absolute Gasteiger partial charge is 0.410 e. The van der Waals surface area contributed by atoms with Crippen LogP contribution < -0.4 is 0 Å². The van der Waals surface area contributed by atoms with Crippen molar-refractivity contribution in [3.8, 4) is 0 Å². The molecule has 0 radical (unpaired) electrons. The van der Waals surface area contributed by atoms with Gasteiger partial charge in [-0.05, 0) is 18.9 Å². The molecule has 1 aliphatic heterocycles. The Morgan fingerprint density at radius 1 is 1.30 bits per heavy atom. The molecule has 1 fully saturated rings. The molecule has 0 bridgehead atoms. The molecule has 20 heavy (non-hydrogen) atoms. The number of amides is 1. The van der Waals surface area contributed by atoms with E-state index in [1.807, 2.05) is 0 Å². The molecule has 0 aromatic heterocycles. The Balaban J connectivity index is 1.82. The Bertz CT molecular complexity index is 450. The van der Waals surface area contributed by atoms with Crippen LogP contribution in [0.5, 0.6) is 0 Å².